The molecule has 0 fully saturated rings. The molecule has 126 valence electrons. The molecule has 0 unspecified atom stereocenters. The van der Waals surface area contributed by atoms with Crippen molar-refractivity contribution in [3.8, 4) is 0 Å². The molecule has 0 atom stereocenters. The van der Waals surface area contributed by atoms with Crippen LogP contribution in [0, 0.1) is 0 Å². The molecular formula is C21H22N3O+. The minimum atomic E-state index is -0.123. The topological polar surface area (TPSA) is 44.1 Å². The summed E-state index contributed by atoms with van der Waals surface area (Å²) in [6, 6.07) is 21.4. The normalized spacial score (nSPS) is 10.4. The molecule has 1 amide bonds. The number of nitrogens with zero attached hydrogens (tertiary/aromatic N) is 1. The number of fused-ring (bicyclic) bond motifs is 1. The number of carbonyl (C=O) groups is 1. The number of rotatable bonds is 3. The summed E-state index contributed by atoms with van der Waals surface area (Å²) in [5.41, 5.74) is 2.26. The number of para-hydroxylation sites is 2. The highest BCUT2D eigenvalue weighted by atomic mass is 16.1. The Morgan fingerprint density at radius 3 is 2.08 bits per heavy atom. The first-order chi connectivity index (χ1) is 12.0. The van der Waals surface area contributed by atoms with E-state index in [4.69, 9.17) is 0 Å². The van der Waals surface area contributed by atoms with Crippen molar-refractivity contribution in [3.63, 3.8) is 0 Å². The highest BCUT2D eigenvalue weighted by Crippen LogP contribution is 2.23. The van der Waals surface area contributed by atoms with Crippen LogP contribution in [-0.4, -0.2) is 30.4 Å². The highest BCUT2D eigenvalue weighted by Gasteiger charge is 2.13. The molecule has 3 aromatic carbocycles. The van der Waals surface area contributed by atoms with Crippen molar-refractivity contribution in [2.75, 3.05) is 24.7 Å². The second-order valence-electron chi connectivity index (χ2n) is 6.17. The third-order valence-electron chi connectivity index (χ3n) is 4.17. The van der Waals surface area contributed by atoms with Crippen molar-refractivity contribution < 1.29 is 9.37 Å². The van der Waals surface area contributed by atoms with Crippen molar-refractivity contribution in [3.05, 3.63) is 72.3 Å². The Morgan fingerprint density at radius 1 is 0.800 bits per heavy atom. The van der Waals surface area contributed by atoms with Crippen LogP contribution in [0.25, 0.3) is 10.8 Å². The Morgan fingerprint density at radius 2 is 1.40 bits per heavy atom. The summed E-state index contributed by atoms with van der Waals surface area (Å²) >= 11 is 0. The van der Waals surface area contributed by atoms with Crippen LogP contribution >= 0.6 is 0 Å². The van der Waals surface area contributed by atoms with Crippen molar-refractivity contribution in [1.29, 1.82) is 0 Å². The first-order valence-corrected chi connectivity index (χ1v) is 8.21. The molecule has 4 heteroatoms. The van der Waals surface area contributed by atoms with Crippen molar-refractivity contribution in [2.24, 2.45) is 0 Å². The molecule has 4 nitrogen and oxygen atoms in total. The Labute approximate surface area is 147 Å². The van der Waals surface area contributed by atoms with E-state index in [1.54, 1.807) is 0 Å². The van der Waals surface area contributed by atoms with Crippen LogP contribution in [0.2, 0.25) is 0 Å². The molecule has 0 saturated heterocycles. The summed E-state index contributed by atoms with van der Waals surface area (Å²) in [4.78, 5) is 12.7. The molecular weight excluding hydrogens is 310 g/mol. The van der Waals surface area contributed by atoms with Crippen LogP contribution in [0.3, 0.4) is 0 Å². The maximum atomic E-state index is 12.7. The molecule has 0 aromatic heterocycles. The molecule has 3 aromatic rings. The van der Waals surface area contributed by atoms with E-state index in [0.29, 0.717) is 5.56 Å². The zero-order valence-corrected chi connectivity index (χ0v) is 14.7. The summed E-state index contributed by atoms with van der Waals surface area (Å²) < 4.78 is 1.99. The lowest BCUT2D eigenvalue weighted by atomic mass is 10.1. The van der Waals surface area contributed by atoms with Gasteiger partial charge in [-0.3, -0.25) is 9.37 Å². The van der Waals surface area contributed by atoms with Crippen molar-refractivity contribution in [2.45, 2.75) is 6.92 Å². The van der Waals surface area contributed by atoms with Gasteiger partial charge in [-0.25, -0.2) is 5.32 Å². The fraction of sp³-hybridized carbons (Fsp3) is 0.143. The first-order valence-electron chi connectivity index (χ1n) is 8.21. The summed E-state index contributed by atoms with van der Waals surface area (Å²) in [6.07, 6.45) is 0. The van der Waals surface area contributed by atoms with E-state index < -0.39 is 0 Å². The number of amides is 1. The predicted octanol–water partition coefficient (Wildman–Crippen LogP) is 4.19. The zero-order valence-electron chi connectivity index (χ0n) is 14.7. The average molecular weight is 332 g/mol. The van der Waals surface area contributed by atoms with Crippen molar-refractivity contribution >= 4 is 33.9 Å². The predicted molar refractivity (Wildman–Crippen MR) is 105 cm³/mol. The molecule has 0 saturated carbocycles. The van der Waals surface area contributed by atoms with Gasteiger partial charge in [0.1, 0.15) is 5.69 Å². The highest BCUT2D eigenvalue weighted by molar-refractivity contribution is 6.08. The molecule has 0 spiro atoms. The van der Waals surface area contributed by atoms with Gasteiger partial charge < -0.3 is 5.32 Å². The minimum absolute atomic E-state index is 0.123. The lowest BCUT2D eigenvalue weighted by Gasteiger charge is -2.10. The number of amidine groups is 1. The van der Waals surface area contributed by atoms with Gasteiger partial charge >= 0.3 is 0 Å². The summed E-state index contributed by atoms with van der Waals surface area (Å²) in [5, 5.41) is 8.50. The van der Waals surface area contributed by atoms with Gasteiger partial charge in [-0.1, -0.05) is 42.5 Å². The average Bonchev–Trinajstić information content (AvgIpc) is 2.62. The van der Waals surface area contributed by atoms with E-state index >= 15 is 0 Å². The smallest absolute Gasteiger partial charge is 0.255 e. The minimum Gasteiger partial charge on any atom is -0.318 e. The number of hydrogen-bond donors (Lipinski definition) is 2. The Hall–Kier alpha value is -3.14. The van der Waals surface area contributed by atoms with Crippen LogP contribution in [0.5, 0.6) is 0 Å². The van der Waals surface area contributed by atoms with Gasteiger partial charge in [0.2, 0.25) is 5.84 Å². The molecule has 0 bridgehead atoms. The van der Waals surface area contributed by atoms with E-state index in [0.717, 1.165) is 28.0 Å². The second kappa shape index (κ2) is 7.18. The third-order valence-corrected chi connectivity index (χ3v) is 4.17. The van der Waals surface area contributed by atoms with Gasteiger partial charge in [0.25, 0.3) is 5.91 Å². The summed E-state index contributed by atoms with van der Waals surface area (Å²) in [5.74, 6) is 0.870. The van der Waals surface area contributed by atoms with E-state index in [1.807, 2.05) is 92.3 Å². The van der Waals surface area contributed by atoms with E-state index in [2.05, 4.69) is 10.6 Å². The maximum absolute atomic E-state index is 12.7. The Balaban J connectivity index is 1.86. The third kappa shape index (κ3) is 3.86. The largest absolute Gasteiger partial charge is 0.318 e. The maximum Gasteiger partial charge on any atom is 0.255 e. The molecule has 2 N–H and O–H groups in total. The van der Waals surface area contributed by atoms with Crippen LogP contribution in [0.1, 0.15) is 17.3 Å². The monoisotopic (exact) mass is 332 g/mol. The van der Waals surface area contributed by atoms with Crippen LogP contribution < -0.4 is 10.6 Å². The SMILES string of the molecule is CC(Nc1ccccc1NC(=O)c1ccc2ccccc2c1)=[N+](C)C. The Kier molecular flexibility index (Phi) is 4.80. The van der Waals surface area contributed by atoms with Crippen LogP contribution in [0.15, 0.2) is 66.7 Å². The lowest BCUT2D eigenvalue weighted by molar-refractivity contribution is -0.464. The van der Waals surface area contributed by atoms with E-state index in [-0.39, 0.29) is 5.91 Å². The van der Waals surface area contributed by atoms with E-state index in [1.165, 1.54) is 0 Å². The van der Waals surface area contributed by atoms with Crippen LogP contribution in [0.4, 0.5) is 11.4 Å². The molecule has 3 rings (SSSR count). The standard InChI is InChI=1S/C21H21N3O/c1-15(24(2)3)22-19-10-6-7-11-20(19)23-21(25)18-13-12-16-8-4-5-9-17(16)14-18/h4-14H,1-3H3,(H,23,25)/p+1. The molecule has 0 aliphatic rings. The Bertz CT molecular complexity index is 956. The molecule has 0 aliphatic carbocycles. The molecule has 0 heterocycles. The number of benzene rings is 3. The fourth-order valence-corrected chi connectivity index (χ4v) is 2.53. The van der Waals surface area contributed by atoms with Gasteiger partial charge in [-0.15, -0.1) is 0 Å². The fourth-order valence-electron chi connectivity index (χ4n) is 2.53. The molecule has 0 aliphatic heterocycles. The van der Waals surface area contributed by atoms with Crippen LogP contribution in [-0.2, 0) is 0 Å². The number of hydrogen-bond acceptors (Lipinski definition) is 1. The molecule has 0 radical (unpaired) electrons. The summed E-state index contributed by atoms with van der Waals surface area (Å²) in [7, 11) is 3.94. The number of nitrogens with one attached hydrogen (secondary N) is 2. The van der Waals surface area contributed by atoms with Gasteiger partial charge in [0.15, 0.2) is 0 Å². The zero-order chi connectivity index (χ0) is 17.8. The van der Waals surface area contributed by atoms with Gasteiger partial charge in [-0.2, -0.15) is 0 Å². The number of carbonyl (C=O) groups excluding carboxylic acids is 1. The first kappa shape index (κ1) is 16.7. The second-order valence-corrected chi connectivity index (χ2v) is 6.17. The lowest BCUT2D eigenvalue weighted by Crippen LogP contribution is -2.20. The molecule has 25 heavy (non-hydrogen) atoms. The van der Waals surface area contributed by atoms with Gasteiger partial charge in [0.05, 0.1) is 19.8 Å². The van der Waals surface area contributed by atoms with Crippen molar-refractivity contribution in [1.82, 2.24) is 0 Å². The van der Waals surface area contributed by atoms with Gasteiger partial charge in [-0.05, 0) is 35.0 Å². The summed E-state index contributed by atoms with van der Waals surface area (Å²) in [6.45, 7) is 1.99. The van der Waals surface area contributed by atoms with E-state index in [9.17, 15) is 4.79 Å². The quantitative estimate of drug-likeness (QED) is 0.429. The number of anilines is 2. The van der Waals surface area contributed by atoms with Gasteiger partial charge in [0, 0.05) is 12.5 Å².